The number of carbonyl (C=O) groups excluding carboxylic acids is 2. The number of nitrogens with zero attached hydrogens (tertiary/aromatic N) is 4. The van der Waals surface area contributed by atoms with Crippen LogP contribution in [0.1, 0.15) is 12.5 Å². The summed E-state index contributed by atoms with van der Waals surface area (Å²) in [5.41, 5.74) is -3.50. The molecule has 12 heteroatoms. The standard InChI is InChI=1S/C22H17F3N4O4S/c1-14-20(30)29(16-5-7-17(8-6-16)34(32,33)22(23,24)25)21(31)28(14)13-15-9-11-26-12-18(15)19-4-2-3-10-27-19/h2-12,14H,13H2,1H3. The van der Waals surface area contributed by atoms with E-state index >= 15 is 0 Å². The molecule has 8 nitrogen and oxygen atoms in total. The van der Waals surface area contributed by atoms with Crippen molar-refractivity contribution in [2.24, 2.45) is 0 Å². The molecule has 176 valence electrons. The number of urea groups is 1. The van der Waals surface area contributed by atoms with Crippen molar-refractivity contribution >= 4 is 27.5 Å². The van der Waals surface area contributed by atoms with Crippen LogP contribution in [-0.2, 0) is 21.2 Å². The number of pyridine rings is 2. The summed E-state index contributed by atoms with van der Waals surface area (Å²) in [6.45, 7) is 1.58. The Kier molecular flexibility index (Phi) is 5.86. The molecular formula is C22H17F3N4O4S. The van der Waals surface area contributed by atoms with Crippen LogP contribution in [0.3, 0.4) is 0 Å². The highest BCUT2D eigenvalue weighted by Crippen LogP contribution is 2.33. The molecule has 1 aliphatic rings. The molecule has 2 aromatic heterocycles. The summed E-state index contributed by atoms with van der Waals surface area (Å²) in [4.78, 5) is 35.5. The van der Waals surface area contributed by atoms with Crippen LogP contribution < -0.4 is 4.90 Å². The van der Waals surface area contributed by atoms with Gasteiger partial charge in [-0.2, -0.15) is 13.2 Å². The molecule has 0 spiro atoms. The van der Waals surface area contributed by atoms with Crippen LogP contribution in [0.15, 0.2) is 72.0 Å². The Hall–Kier alpha value is -3.80. The van der Waals surface area contributed by atoms with E-state index in [4.69, 9.17) is 0 Å². The number of sulfone groups is 1. The number of alkyl halides is 3. The van der Waals surface area contributed by atoms with Gasteiger partial charge in [0.15, 0.2) is 0 Å². The maximum Gasteiger partial charge on any atom is 0.501 e. The number of halogens is 3. The second-order valence-electron chi connectivity index (χ2n) is 7.45. The zero-order chi connectivity index (χ0) is 24.7. The Morgan fingerprint density at radius 2 is 1.71 bits per heavy atom. The zero-order valence-corrected chi connectivity index (χ0v) is 18.4. The lowest BCUT2D eigenvalue weighted by Gasteiger charge is -2.21. The first kappa shape index (κ1) is 23.4. The maximum absolute atomic E-state index is 13.1. The molecule has 1 aromatic carbocycles. The van der Waals surface area contributed by atoms with Crippen molar-refractivity contribution in [3.63, 3.8) is 0 Å². The molecule has 3 amide bonds. The first-order valence-corrected chi connectivity index (χ1v) is 11.4. The molecule has 3 heterocycles. The number of hydrogen-bond donors (Lipinski definition) is 0. The van der Waals surface area contributed by atoms with Crippen molar-refractivity contribution in [3.05, 3.63) is 72.7 Å². The first-order chi connectivity index (χ1) is 16.0. The number of rotatable bonds is 5. The molecule has 0 saturated carbocycles. The fraction of sp³-hybridized carbons (Fsp3) is 0.182. The van der Waals surface area contributed by atoms with Crippen LogP contribution >= 0.6 is 0 Å². The Morgan fingerprint density at radius 3 is 2.32 bits per heavy atom. The minimum atomic E-state index is -5.55. The molecule has 1 unspecified atom stereocenters. The fourth-order valence-electron chi connectivity index (χ4n) is 3.56. The van der Waals surface area contributed by atoms with Crippen LogP contribution in [0.5, 0.6) is 0 Å². The van der Waals surface area contributed by atoms with Crippen molar-refractivity contribution in [3.8, 4) is 11.3 Å². The third-order valence-electron chi connectivity index (χ3n) is 5.39. The monoisotopic (exact) mass is 490 g/mol. The topological polar surface area (TPSA) is 101 Å². The average Bonchev–Trinajstić information content (AvgIpc) is 3.02. The van der Waals surface area contributed by atoms with Gasteiger partial charge in [-0.1, -0.05) is 6.07 Å². The molecule has 0 bridgehead atoms. The summed E-state index contributed by atoms with van der Waals surface area (Å²) in [6.07, 6.45) is 4.76. The highest BCUT2D eigenvalue weighted by molar-refractivity contribution is 7.92. The minimum Gasteiger partial charge on any atom is -0.308 e. The van der Waals surface area contributed by atoms with E-state index in [1.54, 1.807) is 42.9 Å². The second-order valence-corrected chi connectivity index (χ2v) is 9.39. The number of carbonyl (C=O) groups is 2. The van der Waals surface area contributed by atoms with E-state index in [9.17, 15) is 31.2 Å². The molecule has 1 aliphatic heterocycles. The van der Waals surface area contributed by atoms with Gasteiger partial charge in [-0.05, 0) is 55.0 Å². The Balaban J connectivity index is 1.62. The molecule has 34 heavy (non-hydrogen) atoms. The predicted molar refractivity (Wildman–Crippen MR) is 115 cm³/mol. The van der Waals surface area contributed by atoms with Gasteiger partial charge in [0, 0.05) is 30.7 Å². The summed E-state index contributed by atoms with van der Waals surface area (Å²) in [5, 5.41) is 0. The normalized spacial score (nSPS) is 16.9. The van der Waals surface area contributed by atoms with Crippen LogP contribution in [0.25, 0.3) is 11.3 Å². The van der Waals surface area contributed by atoms with E-state index in [1.165, 1.54) is 11.8 Å². The van der Waals surface area contributed by atoms with Gasteiger partial charge in [0.2, 0.25) is 0 Å². The second kappa shape index (κ2) is 8.52. The van der Waals surface area contributed by atoms with Gasteiger partial charge < -0.3 is 4.90 Å². The lowest BCUT2D eigenvalue weighted by Crippen LogP contribution is -2.33. The van der Waals surface area contributed by atoms with Gasteiger partial charge in [-0.25, -0.2) is 18.1 Å². The van der Waals surface area contributed by atoms with E-state index in [-0.39, 0.29) is 12.2 Å². The third kappa shape index (κ3) is 4.00. The SMILES string of the molecule is CC1C(=O)N(c2ccc(S(=O)(=O)C(F)(F)F)cc2)C(=O)N1Cc1ccncc1-c1ccccn1. The highest BCUT2D eigenvalue weighted by atomic mass is 32.2. The van der Waals surface area contributed by atoms with Gasteiger partial charge >= 0.3 is 11.5 Å². The van der Waals surface area contributed by atoms with Gasteiger partial charge in [-0.15, -0.1) is 0 Å². The number of aromatic nitrogens is 2. The van der Waals surface area contributed by atoms with Gasteiger partial charge in [-0.3, -0.25) is 14.8 Å². The summed E-state index contributed by atoms with van der Waals surface area (Å²) < 4.78 is 61.5. The number of benzene rings is 1. The number of amides is 3. The van der Waals surface area contributed by atoms with Crippen LogP contribution in [0.4, 0.5) is 23.7 Å². The predicted octanol–water partition coefficient (Wildman–Crippen LogP) is 3.79. The highest BCUT2D eigenvalue weighted by Gasteiger charge is 2.47. The molecule has 1 atom stereocenters. The largest absolute Gasteiger partial charge is 0.501 e. The molecule has 0 N–H and O–H groups in total. The first-order valence-electron chi connectivity index (χ1n) is 9.92. The Labute approximate surface area is 192 Å². The number of hydrogen-bond acceptors (Lipinski definition) is 6. The smallest absolute Gasteiger partial charge is 0.308 e. The molecule has 0 radical (unpaired) electrons. The zero-order valence-electron chi connectivity index (χ0n) is 17.6. The average molecular weight is 490 g/mol. The summed E-state index contributed by atoms with van der Waals surface area (Å²) in [6, 6.07) is 8.92. The molecule has 3 aromatic rings. The number of imide groups is 1. The lowest BCUT2D eigenvalue weighted by atomic mass is 10.1. The molecule has 1 fully saturated rings. The maximum atomic E-state index is 13.1. The van der Waals surface area contributed by atoms with E-state index in [2.05, 4.69) is 9.97 Å². The van der Waals surface area contributed by atoms with E-state index < -0.39 is 38.2 Å². The lowest BCUT2D eigenvalue weighted by molar-refractivity contribution is -0.119. The molecule has 1 saturated heterocycles. The molecule has 0 aliphatic carbocycles. The Morgan fingerprint density at radius 1 is 1.00 bits per heavy atom. The van der Waals surface area contributed by atoms with E-state index in [1.807, 2.05) is 0 Å². The van der Waals surface area contributed by atoms with Crippen molar-refractivity contribution in [1.29, 1.82) is 0 Å². The van der Waals surface area contributed by atoms with Gasteiger partial charge in [0.05, 0.1) is 16.3 Å². The quantitative estimate of drug-likeness (QED) is 0.505. The van der Waals surface area contributed by atoms with Gasteiger partial charge in [0.1, 0.15) is 6.04 Å². The van der Waals surface area contributed by atoms with Crippen molar-refractivity contribution in [2.75, 3.05) is 4.90 Å². The van der Waals surface area contributed by atoms with Crippen molar-refractivity contribution in [2.45, 2.75) is 29.9 Å². The van der Waals surface area contributed by atoms with Crippen molar-refractivity contribution < 1.29 is 31.2 Å². The molecule has 4 rings (SSSR count). The van der Waals surface area contributed by atoms with Gasteiger partial charge in [0.25, 0.3) is 15.7 Å². The summed E-state index contributed by atoms with van der Waals surface area (Å²) in [5.74, 6) is -0.593. The summed E-state index contributed by atoms with van der Waals surface area (Å²) in [7, 11) is -5.55. The summed E-state index contributed by atoms with van der Waals surface area (Å²) >= 11 is 0. The van der Waals surface area contributed by atoms with Crippen molar-refractivity contribution in [1.82, 2.24) is 14.9 Å². The van der Waals surface area contributed by atoms with Crippen LogP contribution in [0.2, 0.25) is 0 Å². The third-order valence-corrected chi connectivity index (χ3v) is 6.89. The van der Waals surface area contributed by atoms with E-state index in [0.29, 0.717) is 29.0 Å². The molecular weight excluding hydrogens is 473 g/mol. The Bertz CT molecular complexity index is 1350. The minimum absolute atomic E-state index is 0.0369. The van der Waals surface area contributed by atoms with E-state index in [0.717, 1.165) is 17.0 Å². The van der Waals surface area contributed by atoms with Crippen LogP contribution in [0, 0.1) is 0 Å². The number of anilines is 1. The van der Waals surface area contributed by atoms with Crippen LogP contribution in [-0.4, -0.2) is 46.8 Å². The fourth-order valence-corrected chi connectivity index (χ4v) is 4.32.